The molecule has 2 aromatic carbocycles. The molecule has 0 fully saturated rings. The van der Waals surface area contributed by atoms with E-state index in [-0.39, 0.29) is 0 Å². The van der Waals surface area contributed by atoms with E-state index in [0.717, 1.165) is 18.7 Å². The van der Waals surface area contributed by atoms with Crippen LogP contribution in [0.3, 0.4) is 0 Å². The monoisotopic (exact) mass is 295 g/mol. The van der Waals surface area contributed by atoms with Gasteiger partial charge in [-0.05, 0) is 49.3 Å². The molecular weight excluding hydrogens is 270 g/mol. The minimum atomic E-state index is 0.715. The van der Waals surface area contributed by atoms with E-state index in [1.165, 1.54) is 16.7 Å². The molecule has 0 amide bonds. The number of likely N-dealkylation sites (N-methyl/N-ethyl adjacent to an activating group) is 1. The molecule has 2 aromatic rings. The van der Waals surface area contributed by atoms with Crippen molar-refractivity contribution in [3.8, 4) is 5.75 Å². The first-order valence-electron chi connectivity index (χ1n) is 7.82. The molecule has 2 rings (SSSR count). The summed E-state index contributed by atoms with van der Waals surface area (Å²) in [7, 11) is 4.10. The molecule has 0 unspecified atom stereocenters. The Morgan fingerprint density at radius 1 is 1.00 bits per heavy atom. The Balaban J connectivity index is 2.04. The number of benzene rings is 2. The minimum absolute atomic E-state index is 0.715. The summed E-state index contributed by atoms with van der Waals surface area (Å²) < 4.78 is 5.73. The quantitative estimate of drug-likeness (QED) is 0.693. The molecule has 2 nitrogen and oxygen atoms in total. The normalized spacial score (nSPS) is 11.7. The predicted octanol–water partition coefficient (Wildman–Crippen LogP) is 4.58. The lowest BCUT2D eigenvalue weighted by molar-refractivity contribution is 0.261. The third-order valence-electron chi connectivity index (χ3n) is 3.55. The Bertz CT molecular complexity index is 585. The molecule has 22 heavy (non-hydrogen) atoms. The van der Waals surface area contributed by atoms with Gasteiger partial charge in [-0.1, -0.05) is 55.5 Å². The van der Waals surface area contributed by atoms with Gasteiger partial charge in [0.25, 0.3) is 0 Å². The molecule has 0 aromatic heterocycles. The highest BCUT2D eigenvalue weighted by molar-refractivity contribution is 5.81. The molecule has 116 valence electrons. The van der Waals surface area contributed by atoms with Crippen molar-refractivity contribution in [3.63, 3.8) is 0 Å². The third kappa shape index (κ3) is 5.05. The van der Waals surface area contributed by atoms with Crippen molar-refractivity contribution in [2.24, 2.45) is 0 Å². The zero-order valence-electron chi connectivity index (χ0n) is 13.8. The van der Waals surface area contributed by atoms with Crippen molar-refractivity contribution in [1.82, 2.24) is 4.90 Å². The van der Waals surface area contributed by atoms with Crippen LogP contribution in [0, 0.1) is 0 Å². The molecule has 0 radical (unpaired) electrons. The molecule has 0 bridgehead atoms. The summed E-state index contributed by atoms with van der Waals surface area (Å²) in [4.78, 5) is 2.12. The maximum absolute atomic E-state index is 5.73. The number of nitrogens with zero attached hydrogens (tertiary/aromatic N) is 1. The van der Waals surface area contributed by atoms with E-state index in [0.29, 0.717) is 6.61 Å². The van der Waals surface area contributed by atoms with Gasteiger partial charge in [-0.3, -0.25) is 0 Å². The van der Waals surface area contributed by atoms with Crippen LogP contribution in [-0.4, -0.2) is 32.1 Å². The van der Waals surface area contributed by atoms with Gasteiger partial charge in [-0.15, -0.1) is 0 Å². The largest absolute Gasteiger partial charge is 0.492 e. The molecule has 0 aliphatic carbocycles. The van der Waals surface area contributed by atoms with E-state index < -0.39 is 0 Å². The molecule has 0 spiro atoms. The van der Waals surface area contributed by atoms with Crippen LogP contribution in [0.5, 0.6) is 5.75 Å². The average molecular weight is 295 g/mol. The Morgan fingerprint density at radius 2 is 1.68 bits per heavy atom. The Morgan fingerprint density at radius 3 is 2.27 bits per heavy atom. The van der Waals surface area contributed by atoms with Crippen molar-refractivity contribution in [2.45, 2.75) is 13.3 Å². The smallest absolute Gasteiger partial charge is 0.119 e. The van der Waals surface area contributed by atoms with E-state index in [4.69, 9.17) is 4.74 Å². The van der Waals surface area contributed by atoms with Crippen molar-refractivity contribution in [1.29, 1.82) is 0 Å². The lowest BCUT2D eigenvalue weighted by Crippen LogP contribution is -2.19. The predicted molar refractivity (Wildman–Crippen MR) is 95.1 cm³/mol. The maximum Gasteiger partial charge on any atom is 0.119 e. The summed E-state index contributed by atoms with van der Waals surface area (Å²) in [5, 5.41) is 0. The van der Waals surface area contributed by atoms with E-state index in [2.05, 4.69) is 60.4 Å². The average Bonchev–Trinajstić information content (AvgIpc) is 2.54. The van der Waals surface area contributed by atoms with Crippen LogP contribution in [0.25, 0.3) is 11.6 Å². The highest BCUT2D eigenvalue weighted by Gasteiger charge is 2.00. The highest BCUT2D eigenvalue weighted by Crippen LogP contribution is 2.22. The second-order valence-corrected chi connectivity index (χ2v) is 5.61. The van der Waals surface area contributed by atoms with E-state index in [1.54, 1.807) is 0 Å². The zero-order chi connectivity index (χ0) is 15.8. The topological polar surface area (TPSA) is 12.5 Å². The van der Waals surface area contributed by atoms with Gasteiger partial charge in [0.1, 0.15) is 12.4 Å². The van der Waals surface area contributed by atoms with Crippen LogP contribution >= 0.6 is 0 Å². The second-order valence-electron chi connectivity index (χ2n) is 5.61. The summed E-state index contributed by atoms with van der Waals surface area (Å²) >= 11 is 0. The van der Waals surface area contributed by atoms with Crippen LogP contribution in [0.4, 0.5) is 0 Å². The lowest BCUT2D eigenvalue weighted by atomic mass is 10.0. The number of hydrogen-bond donors (Lipinski definition) is 0. The maximum atomic E-state index is 5.73. The fraction of sp³-hybridized carbons (Fsp3) is 0.300. The van der Waals surface area contributed by atoms with Crippen molar-refractivity contribution in [3.05, 3.63) is 65.7 Å². The van der Waals surface area contributed by atoms with Crippen LogP contribution in [0.1, 0.15) is 24.5 Å². The van der Waals surface area contributed by atoms with E-state index >= 15 is 0 Å². The van der Waals surface area contributed by atoms with Gasteiger partial charge in [0.05, 0.1) is 0 Å². The fourth-order valence-electron chi connectivity index (χ4n) is 2.25. The van der Waals surface area contributed by atoms with Crippen molar-refractivity contribution in [2.75, 3.05) is 27.2 Å². The number of allylic oxidation sites excluding steroid dienone is 1. The molecule has 2 heteroatoms. The Labute approximate surface area is 134 Å². The lowest BCUT2D eigenvalue weighted by Gasteiger charge is -2.11. The first kappa shape index (κ1) is 16.3. The molecule has 0 atom stereocenters. The number of hydrogen-bond acceptors (Lipinski definition) is 2. The zero-order valence-corrected chi connectivity index (χ0v) is 13.8. The Kier molecular flexibility index (Phi) is 6.23. The summed E-state index contributed by atoms with van der Waals surface area (Å²) in [6, 6.07) is 18.9. The first-order valence-corrected chi connectivity index (χ1v) is 7.82. The summed E-state index contributed by atoms with van der Waals surface area (Å²) in [5.74, 6) is 0.928. The van der Waals surface area contributed by atoms with Crippen LogP contribution < -0.4 is 4.74 Å². The van der Waals surface area contributed by atoms with Crippen LogP contribution in [0.15, 0.2) is 54.6 Å². The van der Waals surface area contributed by atoms with Gasteiger partial charge in [-0.2, -0.15) is 0 Å². The number of rotatable bonds is 7. The van der Waals surface area contributed by atoms with E-state index in [9.17, 15) is 0 Å². The Hall–Kier alpha value is -2.06. The summed E-state index contributed by atoms with van der Waals surface area (Å²) in [5.41, 5.74) is 3.85. The number of ether oxygens (including phenoxy) is 1. The highest BCUT2D eigenvalue weighted by atomic mass is 16.5. The second kappa shape index (κ2) is 8.40. The summed E-state index contributed by atoms with van der Waals surface area (Å²) in [6.45, 7) is 3.83. The molecule has 0 saturated carbocycles. The van der Waals surface area contributed by atoms with Crippen LogP contribution in [-0.2, 0) is 0 Å². The van der Waals surface area contributed by atoms with Gasteiger partial charge in [-0.25, -0.2) is 0 Å². The van der Waals surface area contributed by atoms with Gasteiger partial charge < -0.3 is 9.64 Å². The third-order valence-corrected chi connectivity index (χ3v) is 3.55. The van der Waals surface area contributed by atoms with Gasteiger partial charge in [0, 0.05) is 6.54 Å². The molecule has 0 N–H and O–H groups in total. The van der Waals surface area contributed by atoms with E-state index in [1.807, 2.05) is 26.2 Å². The standard InChI is InChI=1S/C20H25NO/c1-4-18(19-8-6-5-7-9-19)16-17-10-12-20(13-11-17)22-15-14-21(2)3/h5-13,16H,4,14-15H2,1-3H3. The summed E-state index contributed by atoms with van der Waals surface area (Å²) in [6.07, 6.45) is 3.27. The van der Waals surface area contributed by atoms with Gasteiger partial charge in [0.2, 0.25) is 0 Å². The minimum Gasteiger partial charge on any atom is -0.492 e. The molecule has 0 aliphatic heterocycles. The molecular formula is C20H25NO. The van der Waals surface area contributed by atoms with Gasteiger partial charge >= 0.3 is 0 Å². The van der Waals surface area contributed by atoms with Crippen molar-refractivity contribution < 1.29 is 4.74 Å². The van der Waals surface area contributed by atoms with Crippen molar-refractivity contribution >= 4 is 11.6 Å². The van der Waals surface area contributed by atoms with Gasteiger partial charge in [0.15, 0.2) is 0 Å². The molecule has 0 heterocycles. The molecule has 0 aliphatic rings. The first-order chi connectivity index (χ1) is 10.7. The fourth-order valence-corrected chi connectivity index (χ4v) is 2.25. The molecule has 0 saturated heterocycles. The van der Waals surface area contributed by atoms with Crippen LogP contribution in [0.2, 0.25) is 0 Å². The SMILES string of the molecule is CCC(=Cc1ccc(OCCN(C)C)cc1)c1ccccc1.